The molecule has 2 saturated heterocycles. The summed E-state index contributed by atoms with van der Waals surface area (Å²) in [7, 11) is 0. The van der Waals surface area contributed by atoms with Gasteiger partial charge in [0.25, 0.3) is 0 Å². The first-order valence-corrected chi connectivity index (χ1v) is 11.9. The Hall–Kier alpha value is -1.09. The van der Waals surface area contributed by atoms with E-state index in [0.29, 0.717) is 0 Å². The molecule has 3 rings (SSSR count). The number of nitrogens with one attached hydrogen (secondary N) is 1. The summed E-state index contributed by atoms with van der Waals surface area (Å²) in [6, 6.07) is -2.55. The van der Waals surface area contributed by atoms with E-state index in [1.54, 1.807) is 0 Å². The third-order valence-electron chi connectivity index (χ3n) is 6.79. The predicted molar refractivity (Wildman–Crippen MR) is 119 cm³/mol. The van der Waals surface area contributed by atoms with Crippen molar-refractivity contribution in [3.05, 3.63) is 0 Å². The highest BCUT2D eigenvalue weighted by atomic mass is 16.7. The lowest BCUT2D eigenvalue weighted by Crippen LogP contribution is -2.64. The van der Waals surface area contributed by atoms with Gasteiger partial charge in [-0.2, -0.15) is 0 Å². The largest absolute Gasteiger partial charge is 0.394 e. The minimum atomic E-state index is -1.49. The maximum absolute atomic E-state index is 12.0. The average Bonchev–Trinajstić information content (AvgIpc) is 3.15. The van der Waals surface area contributed by atoms with Crippen LogP contribution in [0.15, 0.2) is 0 Å². The molecule has 3 aliphatic rings. The van der Waals surface area contributed by atoms with Gasteiger partial charge in [0.05, 0.1) is 24.8 Å². The molecule has 1 saturated carbocycles. The van der Waals surface area contributed by atoms with E-state index in [9.17, 15) is 35.4 Å². The van der Waals surface area contributed by atoms with Crippen LogP contribution in [-0.4, -0.2) is 142 Å². The summed E-state index contributed by atoms with van der Waals surface area (Å²) in [5.41, 5.74) is 22.8. The zero-order valence-corrected chi connectivity index (χ0v) is 19.7. The number of aliphatic hydroxyl groups is 6. The van der Waals surface area contributed by atoms with Crippen molar-refractivity contribution in [3.63, 3.8) is 0 Å². The van der Waals surface area contributed by atoms with E-state index in [1.807, 2.05) is 0 Å². The second-order valence-corrected chi connectivity index (χ2v) is 9.42. The Morgan fingerprint density at radius 1 is 0.944 bits per heavy atom. The number of hydrogen-bond donors (Lipinski definition) is 11. The zero-order chi connectivity index (χ0) is 26.7. The molecule has 0 radical (unpaired) electrons. The van der Waals surface area contributed by atoms with Crippen LogP contribution in [0.2, 0.25) is 0 Å². The molecule has 2 heterocycles. The van der Waals surface area contributed by atoms with E-state index >= 15 is 0 Å². The lowest BCUT2D eigenvalue weighted by atomic mass is 9.86. The average molecular weight is 526 g/mol. The van der Waals surface area contributed by atoms with Gasteiger partial charge in [-0.15, -0.1) is 0 Å². The van der Waals surface area contributed by atoms with Crippen molar-refractivity contribution in [1.29, 1.82) is 0 Å². The van der Waals surface area contributed by atoms with Gasteiger partial charge in [-0.3, -0.25) is 4.79 Å². The van der Waals surface area contributed by atoms with Gasteiger partial charge in [-0.05, 0) is 12.8 Å². The Morgan fingerprint density at radius 2 is 1.61 bits per heavy atom. The van der Waals surface area contributed by atoms with Gasteiger partial charge in [0.15, 0.2) is 12.6 Å². The van der Waals surface area contributed by atoms with Crippen LogP contribution in [0.5, 0.6) is 0 Å². The van der Waals surface area contributed by atoms with E-state index in [1.165, 1.54) is 0 Å². The lowest BCUT2D eigenvalue weighted by molar-refractivity contribution is -0.280. The molecular formula is C20H39N5O11. The minimum Gasteiger partial charge on any atom is -0.394 e. The zero-order valence-electron chi connectivity index (χ0n) is 19.7. The highest BCUT2D eigenvalue weighted by molar-refractivity contribution is 5.81. The lowest BCUT2D eigenvalue weighted by Gasteiger charge is -2.42. The number of amides is 1. The molecule has 1 aliphatic carbocycles. The second-order valence-electron chi connectivity index (χ2n) is 9.42. The smallest absolute Gasteiger partial charge is 0.250 e. The number of carbonyl (C=O) groups excluding carboxylic acids is 1. The Bertz CT molecular complexity index is 724. The van der Waals surface area contributed by atoms with Crippen LogP contribution in [0.25, 0.3) is 0 Å². The van der Waals surface area contributed by atoms with Crippen LogP contribution in [0.4, 0.5) is 0 Å². The van der Waals surface area contributed by atoms with Crippen molar-refractivity contribution in [2.45, 2.75) is 98.5 Å². The highest BCUT2D eigenvalue weighted by Crippen LogP contribution is 2.32. The maximum atomic E-state index is 12.0. The fourth-order valence-electron chi connectivity index (χ4n) is 4.65. The topological polar surface area (TPSA) is 291 Å². The Labute approximate surface area is 207 Å². The van der Waals surface area contributed by atoms with Crippen LogP contribution in [0.1, 0.15) is 12.8 Å². The summed E-state index contributed by atoms with van der Waals surface area (Å²) >= 11 is 0. The summed E-state index contributed by atoms with van der Waals surface area (Å²) < 4.78 is 22.7. The van der Waals surface area contributed by atoms with Crippen molar-refractivity contribution >= 4 is 5.91 Å². The summed E-state index contributed by atoms with van der Waals surface area (Å²) in [6.07, 6.45) is -13.5. The molecule has 3 fully saturated rings. The fraction of sp³-hybridized carbons (Fsp3) is 0.950. The summed E-state index contributed by atoms with van der Waals surface area (Å²) in [5, 5.41) is 63.7. The molecule has 0 aromatic heterocycles. The molecule has 2 aliphatic heterocycles. The van der Waals surface area contributed by atoms with Gasteiger partial charge in [-0.1, -0.05) is 0 Å². The molecule has 0 spiro atoms. The van der Waals surface area contributed by atoms with Gasteiger partial charge in [0, 0.05) is 19.1 Å². The van der Waals surface area contributed by atoms with Crippen LogP contribution < -0.4 is 28.3 Å². The van der Waals surface area contributed by atoms with E-state index in [-0.39, 0.29) is 25.9 Å². The third kappa shape index (κ3) is 6.30. The molecule has 0 aromatic rings. The molecule has 36 heavy (non-hydrogen) atoms. The summed E-state index contributed by atoms with van der Waals surface area (Å²) in [4.78, 5) is 12.0. The van der Waals surface area contributed by atoms with Gasteiger partial charge in [0.1, 0.15) is 48.8 Å². The first kappa shape index (κ1) is 29.5. The molecule has 0 unspecified atom stereocenters. The van der Waals surface area contributed by atoms with Gasteiger partial charge >= 0.3 is 0 Å². The molecule has 1 amide bonds. The highest BCUT2D eigenvalue weighted by Gasteiger charge is 2.51. The van der Waals surface area contributed by atoms with Crippen LogP contribution in [0, 0.1) is 0 Å². The van der Waals surface area contributed by atoms with Gasteiger partial charge in [-0.25, -0.2) is 0 Å². The quantitative estimate of drug-likeness (QED) is 0.133. The normalized spacial score (nSPS) is 46.4. The van der Waals surface area contributed by atoms with E-state index in [2.05, 4.69) is 5.32 Å². The Kier molecular flexibility index (Phi) is 10.3. The van der Waals surface area contributed by atoms with Crippen molar-refractivity contribution in [2.75, 3.05) is 19.7 Å². The SMILES string of the molecule is NC[C@@H]1O[C@H](O[C@H]2[C@@H](O)[C@H](O[C@H]3C[C@@H](N)C[C@@H](NC(=O)[C@@H](O)CN)[C@@H]3O)O[C@@H]2CO)[C@H](N)[C@@H](O)[C@H]1O. The molecule has 15 N–H and O–H groups in total. The number of nitrogens with two attached hydrogens (primary N) is 4. The maximum Gasteiger partial charge on any atom is 0.250 e. The summed E-state index contributed by atoms with van der Waals surface area (Å²) in [6.45, 7) is -1.02. The Morgan fingerprint density at radius 3 is 2.22 bits per heavy atom. The molecule has 0 aromatic carbocycles. The molecular weight excluding hydrogens is 486 g/mol. The summed E-state index contributed by atoms with van der Waals surface area (Å²) in [5.74, 6) is -0.771. The van der Waals surface area contributed by atoms with Crippen LogP contribution in [0.3, 0.4) is 0 Å². The van der Waals surface area contributed by atoms with Gasteiger partial charge in [0.2, 0.25) is 5.91 Å². The van der Waals surface area contributed by atoms with Crippen LogP contribution >= 0.6 is 0 Å². The Balaban J connectivity index is 1.66. The number of carbonyl (C=O) groups is 1. The third-order valence-corrected chi connectivity index (χ3v) is 6.79. The fourth-order valence-corrected chi connectivity index (χ4v) is 4.65. The molecule has 210 valence electrons. The van der Waals surface area contributed by atoms with Crippen molar-refractivity contribution in [1.82, 2.24) is 5.32 Å². The molecule has 16 nitrogen and oxygen atoms in total. The van der Waals surface area contributed by atoms with E-state index in [4.69, 9.17) is 41.9 Å². The molecule has 16 heteroatoms. The van der Waals surface area contributed by atoms with E-state index in [0.717, 1.165) is 0 Å². The minimum absolute atomic E-state index is 0.135. The standard InChI is InChI=1S/C20H39N5O11/c21-3-8(27)18(32)25-7-1-6(23)2-9(13(7)28)33-20-16(31)17(11(5-26)35-20)36-19-12(24)15(30)14(29)10(4-22)34-19/h6-17,19-20,26-31H,1-5,21-24H2,(H,25,32)/t6-,7+,8-,9-,10-,11+,12+,13-,14-,15+,16+,17+,19+,20+/m0/s1. The first-order valence-electron chi connectivity index (χ1n) is 11.9. The monoisotopic (exact) mass is 525 g/mol. The number of aliphatic hydroxyl groups excluding tert-OH is 6. The predicted octanol–water partition coefficient (Wildman–Crippen LogP) is -7.15. The van der Waals surface area contributed by atoms with Crippen molar-refractivity contribution in [3.8, 4) is 0 Å². The number of hydrogen-bond acceptors (Lipinski definition) is 15. The van der Waals surface area contributed by atoms with Gasteiger partial charge < -0.3 is 77.8 Å². The second kappa shape index (κ2) is 12.6. The van der Waals surface area contributed by atoms with Crippen molar-refractivity contribution < 1.29 is 54.4 Å². The van der Waals surface area contributed by atoms with E-state index < -0.39 is 98.2 Å². The number of ether oxygens (including phenoxy) is 4. The van der Waals surface area contributed by atoms with Crippen molar-refractivity contribution in [2.24, 2.45) is 22.9 Å². The molecule has 0 bridgehead atoms. The first-order chi connectivity index (χ1) is 17.0. The van der Waals surface area contributed by atoms with Crippen LogP contribution in [-0.2, 0) is 23.7 Å². The molecule has 14 atom stereocenters. The number of rotatable bonds is 9.